The molecule has 1 heterocycles. The quantitative estimate of drug-likeness (QED) is 0.810. The van der Waals surface area contributed by atoms with E-state index in [4.69, 9.17) is 0 Å². The van der Waals surface area contributed by atoms with Gasteiger partial charge < -0.3 is 9.67 Å². The van der Waals surface area contributed by atoms with Crippen LogP contribution in [0.4, 0.5) is 0 Å². The van der Waals surface area contributed by atoms with Crippen LogP contribution in [0, 0.1) is 19.3 Å². The Bertz CT molecular complexity index is 315. The predicted octanol–water partition coefficient (Wildman–Crippen LogP) is 2.66. The van der Waals surface area contributed by atoms with Crippen LogP contribution in [0.2, 0.25) is 0 Å². The molecular formula is C13H21NO. The Kier molecular flexibility index (Phi) is 2.87. The number of aliphatic hydroxyl groups is 1. The van der Waals surface area contributed by atoms with E-state index in [9.17, 15) is 5.11 Å². The van der Waals surface area contributed by atoms with Gasteiger partial charge in [0.25, 0.3) is 0 Å². The molecule has 0 spiro atoms. The SMILES string of the molecule is Cc1ccc(C)n1CC1(CO)CCCC1. The van der Waals surface area contributed by atoms with Crippen molar-refractivity contribution in [1.29, 1.82) is 0 Å². The maximum absolute atomic E-state index is 9.58. The Hall–Kier alpha value is -0.760. The van der Waals surface area contributed by atoms with Crippen molar-refractivity contribution in [3.8, 4) is 0 Å². The molecule has 2 rings (SSSR count). The molecule has 0 aliphatic heterocycles. The van der Waals surface area contributed by atoms with Crippen LogP contribution in [0.1, 0.15) is 37.1 Å². The van der Waals surface area contributed by atoms with Crippen molar-refractivity contribution in [3.63, 3.8) is 0 Å². The van der Waals surface area contributed by atoms with Gasteiger partial charge in [0.2, 0.25) is 0 Å². The Morgan fingerprint density at radius 3 is 2.20 bits per heavy atom. The highest BCUT2D eigenvalue weighted by Gasteiger charge is 2.33. The summed E-state index contributed by atoms with van der Waals surface area (Å²) in [6.45, 7) is 5.62. The molecule has 2 nitrogen and oxygen atoms in total. The first-order valence-electron chi connectivity index (χ1n) is 5.90. The van der Waals surface area contributed by atoms with Gasteiger partial charge in [-0.15, -0.1) is 0 Å². The van der Waals surface area contributed by atoms with E-state index in [0.29, 0.717) is 6.61 Å². The summed E-state index contributed by atoms with van der Waals surface area (Å²) < 4.78 is 2.35. The topological polar surface area (TPSA) is 25.2 Å². The van der Waals surface area contributed by atoms with Crippen molar-refractivity contribution < 1.29 is 5.11 Å². The molecule has 1 aromatic rings. The molecule has 0 unspecified atom stereocenters. The number of hydrogen-bond acceptors (Lipinski definition) is 1. The number of hydrogen-bond donors (Lipinski definition) is 1. The minimum absolute atomic E-state index is 0.161. The van der Waals surface area contributed by atoms with Crippen LogP contribution in [0.15, 0.2) is 12.1 Å². The molecule has 1 aliphatic rings. The van der Waals surface area contributed by atoms with Crippen molar-refractivity contribution in [2.75, 3.05) is 6.61 Å². The lowest BCUT2D eigenvalue weighted by molar-refractivity contribution is 0.110. The second-order valence-electron chi connectivity index (χ2n) is 5.07. The lowest BCUT2D eigenvalue weighted by Crippen LogP contribution is -2.28. The molecule has 0 saturated heterocycles. The highest BCUT2D eigenvalue weighted by Crippen LogP contribution is 2.39. The fraction of sp³-hybridized carbons (Fsp3) is 0.692. The summed E-state index contributed by atoms with van der Waals surface area (Å²) in [5.41, 5.74) is 2.79. The van der Waals surface area contributed by atoms with Gasteiger partial charge in [-0.2, -0.15) is 0 Å². The first-order chi connectivity index (χ1) is 7.17. The van der Waals surface area contributed by atoms with Gasteiger partial charge in [0.05, 0.1) is 6.61 Å². The van der Waals surface area contributed by atoms with Gasteiger partial charge in [-0.05, 0) is 38.8 Å². The summed E-state index contributed by atoms with van der Waals surface area (Å²) in [5, 5.41) is 9.58. The number of rotatable bonds is 3. The summed E-state index contributed by atoms with van der Waals surface area (Å²) in [6.07, 6.45) is 4.92. The first-order valence-corrected chi connectivity index (χ1v) is 5.90. The van der Waals surface area contributed by atoms with Crippen LogP contribution in [-0.4, -0.2) is 16.3 Å². The van der Waals surface area contributed by atoms with Crippen molar-refractivity contribution in [2.24, 2.45) is 5.41 Å². The molecule has 1 fully saturated rings. The normalized spacial score (nSPS) is 19.7. The zero-order chi connectivity index (χ0) is 10.9. The van der Waals surface area contributed by atoms with Crippen LogP contribution in [0.3, 0.4) is 0 Å². The molecule has 84 valence electrons. The summed E-state index contributed by atoms with van der Waals surface area (Å²) in [5.74, 6) is 0. The zero-order valence-corrected chi connectivity index (χ0v) is 9.79. The third kappa shape index (κ3) is 1.96. The van der Waals surface area contributed by atoms with E-state index in [1.807, 2.05) is 0 Å². The van der Waals surface area contributed by atoms with E-state index in [1.165, 1.54) is 37.1 Å². The van der Waals surface area contributed by atoms with E-state index < -0.39 is 0 Å². The molecule has 1 saturated carbocycles. The maximum Gasteiger partial charge on any atom is 0.0504 e. The summed E-state index contributed by atoms with van der Waals surface area (Å²) in [4.78, 5) is 0. The van der Waals surface area contributed by atoms with Crippen molar-refractivity contribution in [1.82, 2.24) is 4.57 Å². The largest absolute Gasteiger partial charge is 0.396 e. The van der Waals surface area contributed by atoms with Gasteiger partial charge in [0.1, 0.15) is 0 Å². The molecule has 0 bridgehead atoms. The van der Waals surface area contributed by atoms with E-state index >= 15 is 0 Å². The minimum Gasteiger partial charge on any atom is -0.396 e. The number of aliphatic hydroxyl groups excluding tert-OH is 1. The third-order valence-corrected chi connectivity index (χ3v) is 3.91. The van der Waals surface area contributed by atoms with Crippen LogP contribution >= 0.6 is 0 Å². The van der Waals surface area contributed by atoms with E-state index in [0.717, 1.165) is 6.54 Å². The molecule has 1 aromatic heterocycles. The van der Waals surface area contributed by atoms with Gasteiger partial charge in [-0.1, -0.05) is 12.8 Å². The summed E-state index contributed by atoms with van der Waals surface area (Å²) in [7, 11) is 0. The second kappa shape index (κ2) is 4.01. The Balaban J connectivity index is 2.19. The Morgan fingerprint density at radius 2 is 1.73 bits per heavy atom. The highest BCUT2D eigenvalue weighted by atomic mass is 16.3. The van der Waals surface area contributed by atoms with Crippen molar-refractivity contribution in [3.05, 3.63) is 23.5 Å². The van der Waals surface area contributed by atoms with E-state index in [1.54, 1.807) is 0 Å². The Labute approximate surface area is 91.9 Å². The molecule has 2 heteroatoms. The molecule has 15 heavy (non-hydrogen) atoms. The van der Waals surface area contributed by atoms with Gasteiger partial charge in [0.15, 0.2) is 0 Å². The van der Waals surface area contributed by atoms with Crippen LogP contribution < -0.4 is 0 Å². The average Bonchev–Trinajstić information content (AvgIpc) is 2.81. The highest BCUT2D eigenvalue weighted by molar-refractivity contribution is 5.14. The molecule has 0 aromatic carbocycles. The van der Waals surface area contributed by atoms with Gasteiger partial charge in [-0.3, -0.25) is 0 Å². The van der Waals surface area contributed by atoms with Gasteiger partial charge in [0, 0.05) is 23.3 Å². The molecule has 0 atom stereocenters. The smallest absolute Gasteiger partial charge is 0.0504 e. The lowest BCUT2D eigenvalue weighted by atomic mass is 9.87. The predicted molar refractivity (Wildman–Crippen MR) is 61.9 cm³/mol. The number of aromatic nitrogens is 1. The average molecular weight is 207 g/mol. The second-order valence-corrected chi connectivity index (χ2v) is 5.07. The van der Waals surface area contributed by atoms with Crippen LogP contribution in [-0.2, 0) is 6.54 Å². The summed E-state index contributed by atoms with van der Waals surface area (Å²) in [6, 6.07) is 4.32. The molecule has 1 N–H and O–H groups in total. The lowest BCUT2D eigenvalue weighted by Gasteiger charge is -2.28. The van der Waals surface area contributed by atoms with Gasteiger partial charge >= 0.3 is 0 Å². The standard InChI is InChI=1S/C13H21NO/c1-11-5-6-12(2)14(11)9-13(10-15)7-3-4-8-13/h5-6,15H,3-4,7-10H2,1-2H3. The fourth-order valence-corrected chi connectivity index (χ4v) is 2.78. The van der Waals surface area contributed by atoms with Crippen molar-refractivity contribution in [2.45, 2.75) is 46.1 Å². The molecular weight excluding hydrogens is 186 g/mol. The third-order valence-electron chi connectivity index (χ3n) is 3.91. The van der Waals surface area contributed by atoms with Gasteiger partial charge in [-0.25, -0.2) is 0 Å². The van der Waals surface area contributed by atoms with E-state index in [2.05, 4.69) is 30.5 Å². The minimum atomic E-state index is 0.161. The molecule has 0 radical (unpaired) electrons. The molecule has 1 aliphatic carbocycles. The fourth-order valence-electron chi connectivity index (χ4n) is 2.78. The Morgan fingerprint density at radius 1 is 1.20 bits per heavy atom. The zero-order valence-electron chi connectivity index (χ0n) is 9.79. The van der Waals surface area contributed by atoms with Crippen LogP contribution in [0.5, 0.6) is 0 Å². The number of aryl methyl sites for hydroxylation is 2. The molecule has 0 amide bonds. The summed E-state index contributed by atoms with van der Waals surface area (Å²) >= 11 is 0. The maximum atomic E-state index is 9.58. The van der Waals surface area contributed by atoms with E-state index in [-0.39, 0.29) is 5.41 Å². The monoisotopic (exact) mass is 207 g/mol. The number of nitrogens with zero attached hydrogens (tertiary/aromatic N) is 1. The first kappa shape index (κ1) is 10.7. The van der Waals surface area contributed by atoms with Crippen LogP contribution in [0.25, 0.3) is 0 Å². The van der Waals surface area contributed by atoms with Crippen molar-refractivity contribution >= 4 is 0 Å².